The van der Waals surface area contributed by atoms with E-state index in [0.717, 1.165) is 5.76 Å². The minimum atomic E-state index is 0.207. The molecule has 3 aliphatic rings. The predicted molar refractivity (Wildman–Crippen MR) is 61.7 cm³/mol. The van der Waals surface area contributed by atoms with Gasteiger partial charge in [0.1, 0.15) is 5.76 Å². The monoisotopic (exact) mass is 218 g/mol. The number of carbonyl (C=O) groups is 1. The summed E-state index contributed by atoms with van der Waals surface area (Å²) in [6.07, 6.45) is 4.17. The Morgan fingerprint density at radius 2 is 1.88 bits per heavy atom. The summed E-state index contributed by atoms with van der Waals surface area (Å²) >= 11 is 0. The van der Waals surface area contributed by atoms with E-state index in [-0.39, 0.29) is 5.92 Å². The summed E-state index contributed by atoms with van der Waals surface area (Å²) in [5.74, 6) is 2.89. The maximum absolute atomic E-state index is 12.0. The van der Waals surface area contributed by atoms with Gasteiger partial charge in [-0.25, -0.2) is 0 Å². The quantitative estimate of drug-likeness (QED) is 0.632. The molecule has 0 aromatic heterocycles. The van der Waals surface area contributed by atoms with Gasteiger partial charge in [-0.1, -0.05) is 11.1 Å². The highest BCUT2D eigenvalue weighted by Crippen LogP contribution is 2.61. The van der Waals surface area contributed by atoms with Crippen molar-refractivity contribution in [3.05, 3.63) is 23.0 Å². The molecule has 0 aliphatic heterocycles. The lowest BCUT2D eigenvalue weighted by molar-refractivity contribution is -0.119. The third kappa shape index (κ3) is 1.05. The van der Waals surface area contributed by atoms with Crippen LogP contribution in [-0.2, 0) is 9.53 Å². The molecule has 86 valence electrons. The first-order chi connectivity index (χ1) is 7.65. The average Bonchev–Trinajstić information content (AvgIpc) is 2.87. The van der Waals surface area contributed by atoms with E-state index in [9.17, 15) is 4.79 Å². The van der Waals surface area contributed by atoms with E-state index < -0.39 is 0 Å². The molecule has 3 aliphatic carbocycles. The molecular weight excluding hydrogens is 200 g/mol. The first-order valence-corrected chi connectivity index (χ1v) is 6.12. The van der Waals surface area contributed by atoms with Crippen LogP contribution in [0, 0.1) is 23.7 Å². The van der Waals surface area contributed by atoms with Gasteiger partial charge in [-0.2, -0.15) is 0 Å². The topological polar surface area (TPSA) is 26.3 Å². The lowest BCUT2D eigenvalue weighted by Crippen LogP contribution is -2.24. The second-order valence-electron chi connectivity index (χ2n) is 5.45. The zero-order chi connectivity index (χ0) is 11.4. The van der Waals surface area contributed by atoms with E-state index in [4.69, 9.17) is 4.74 Å². The van der Waals surface area contributed by atoms with Crippen LogP contribution in [-0.4, -0.2) is 12.9 Å². The standard InChI is InChI=1S/C14H18O2/c1-7(2)12-8-4-5-9(12)14-11(16-3)6-10(15)13(8)14/h6,8-9,13-14H,4-5H2,1-3H3/t8-,9-,13+,14-/m0/s1. The summed E-state index contributed by atoms with van der Waals surface area (Å²) in [6, 6.07) is 0. The molecule has 3 rings (SSSR count). The van der Waals surface area contributed by atoms with Crippen LogP contribution in [0.15, 0.2) is 23.0 Å². The van der Waals surface area contributed by atoms with Gasteiger partial charge >= 0.3 is 0 Å². The van der Waals surface area contributed by atoms with Gasteiger partial charge in [-0.05, 0) is 38.5 Å². The maximum Gasteiger partial charge on any atom is 0.163 e. The van der Waals surface area contributed by atoms with Gasteiger partial charge in [0.2, 0.25) is 0 Å². The molecule has 0 unspecified atom stereocenters. The second-order valence-corrected chi connectivity index (χ2v) is 5.45. The summed E-state index contributed by atoms with van der Waals surface area (Å²) in [4.78, 5) is 12.0. The van der Waals surface area contributed by atoms with Crippen molar-refractivity contribution < 1.29 is 9.53 Å². The van der Waals surface area contributed by atoms with E-state index >= 15 is 0 Å². The number of ketones is 1. The largest absolute Gasteiger partial charge is 0.501 e. The molecule has 0 saturated heterocycles. The Balaban J connectivity index is 2.07. The van der Waals surface area contributed by atoms with E-state index in [1.54, 1.807) is 18.8 Å². The van der Waals surface area contributed by atoms with Gasteiger partial charge in [-0.3, -0.25) is 4.79 Å². The minimum absolute atomic E-state index is 0.207. The zero-order valence-corrected chi connectivity index (χ0v) is 10.1. The second kappa shape index (κ2) is 3.22. The van der Waals surface area contributed by atoms with E-state index in [0.29, 0.717) is 23.5 Å². The number of carbonyl (C=O) groups excluding carboxylic acids is 1. The van der Waals surface area contributed by atoms with Gasteiger partial charge in [0.25, 0.3) is 0 Å². The van der Waals surface area contributed by atoms with Crippen molar-refractivity contribution in [2.45, 2.75) is 26.7 Å². The van der Waals surface area contributed by atoms with Crippen LogP contribution in [0.4, 0.5) is 0 Å². The van der Waals surface area contributed by atoms with Gasteiger partial charge in [0.15, 0.2) is 5.78 Å². The van der Waals surface area contributed by atoms with Gasteiger partial charge in [-0.15, -0.1) is 0 Å². The van der Waals surface area contributed by atoms with Gasteiger partial charge in [0.05, 0.1) is 7.11 Å². The number of methoxy groups -OCH3 is 1. The summed E-state index contributed by atoms with van der Waals surface area (Å²) in [7, 11) is 1.69. The molecule has 0 radical (unpaired) electrons. The summed E-state index contributed by atoms with van der Waals surface area (Å²) in [5.41, 5.74) is 2.98. The average molecular weight is 218 g/mol. The fraction of sp³-hybridized carbons (Fsp3) is 0.643. The number of hydrogen-bond donors (Lipinski definition) is 0. The van der Waals surface area contributed by atoms with Crippen molar-refractivity contribution in [1.29, 1.82) is 0 Å². The Morgan fingerprint density at radius 3 is 2.44 bits per heavy atom. The van der Waals surface area contributed by atoms with Crippen molar-refractivity contribution in [2.24, 2.45) is 23.7 Å². The molecule has 0 heterocycles. The summed E-state index contributed by atoms with van der Waals surface area (Å²) < 4.78 is 5.39. The van der Waals surface area contributed by atoms with E-state index in [2.05, 4.69) is 13.8 Å². The molecule has 0 aromatic rings. The third-order valence-corrected chi connectivity index (χ3v) is 4.60. The smallest absolute Gasteiger partial charge is 0.163 e. The highest BCUT2D eigenvalue weighted by Gasteiger charge is 2.58. The molecule has 4 atom stereocenters. The SMILES string of the molecule is COC1=CC(=O)[C@@H]2[C@H]1[C@H]1CC[C@H]2C1=C(C)C. The van der Waals surface area contributed by atoms with Crippen LogP contribution in [0.3, 0.4) is 0 Å². The fourth-order valence-corrected chi connectivity index (χ4v) is 4.21. The Morgan fingerprint density at radius 1 is 1.25 bits per heavy atom. The minimum Gasteiger partial charge on any atom is -0.501 e. The number of ether oxygens (including phenoxy) is 1. The normalized spacial score (nSPS) is 40.1. The van der Waals surface area contributed by atoms with E-state index in [1.165, 1.54) is 18.4 Å². The fourth-order valence-electron chi connectivity index (χ4n) is 4.21. The summed E-state index contributed by atoms with van der Waals surface area (Å²) in [6.45, 7) is 4.37. The predicted octanol–water partition coefficient (Wildman–Crippen LogP) is 2.71. The highest BCUT2D eigenvalue weighted by atomic mass is 16.5. The highest BCUT2D eigenvalue weighted by molar-refractivity contribution is 5.96. The molecule has 2 heteroatoms. The van der Waals surface area contributed by atoms with Crippen LogP contribution in [0.5, 0.6) is 0 Å². The third-order valence-electron chi connectivity index (χ3n) is 4.60. The molecule has 0 amide bonds. The van der Waals surface area contributed by atoms with Crippen molar-refractivity contribution in [1.82, 2.24) is 0 Å². The number of hydrogen-bond acceptors (Lipinski definition) is 2. The molecule has 2 saturated carbocycles. The Kier molecular flexibility index (Phi) is 2.04. The van der Waals surface area contributed by atoms with Crippen LogP contribution in [0.25, 0.3) is 0 Å². The van der Waals surface area contributed by atoms with Crippen LogP contribution in [0.1, 0.15) is 26.7 Å². The maximum atomic E-state index is 12.0. The van der Waals surface area contributed by atoms with Crippen LogP contribution < -0.4 is 0 Å². The summed E-state index contributed by atoms with van der Waals surface area (Å²) in [5, 5.41) is 0. The first-order valence-electron chi connectivity index (χ1n) is 6.12. The van der Waals surface area contributed by atoms with Crippen molar-refractivity contribution in [2.75, 3.05) is 7.11 Å². The van der Waals surface area contributed by atoms with Crippen molar-refractivity contribution >= 4 is 5.78 Å². The zero-order valence-electron chi connectivity index (χ0n) is 10.1. The molecule has 2 fully saturated rings. The molecule has 2 bridgehead atoms. The molecule has 2 nitrogen and oxygen atoms in total. The lowest BCUT2D eigenvalue weighted by atomic mass is 9.80. The van der Waals surface area contributed by atoms with E-state index in [1.807, 2.05) is 0 Å². The molecule has 0 spiro atoms. The number of allylic oxidation sites excluding steroid dienone is 4. The number of fused-ring (bicyclic) bond motifs is 5. The Bertz CT molecular complexity index is 412. The van der Waals surface area contributed by atoms with Gasteiger partial charge in [0, 0.05) is 17.9 Å². The Labute approximate surface area is 96.4 Å². The lowest BCUT2D eigenvalue weighted by Gasteiger charge is -2.24. The van der Waals surface area contributed by atoms with Crippen molar-refractivity contribution in [3.8, 4) is 0 Å². The van der Waals surface area contributed by atoms with Crippen LogP contribution in [0.2, 0.25) is 0 Å². The molecule has 0 aromatic carbocycles. The molecular formula is C14H18O2. The van der Waals surface area contributed by atoms with Gasteiger partial charge < -0.3 is 4.74 Å². The molecule has 16 heavy (non-hydrogen) atoms. The number of rotatable bonds is 1. The first kappa shape index (κ1) is 10.1. The van der Waals surface area contributed by atoms with Crippen molar-refractivity contribution in [3.63, 3.8) is 0 Å². The van der Waals surface area contributed by atoms with Crippen LogP contribution >= 0.6 is 0 Å². The molecule has 0 N–H and O–H groups in total. The Hall–Kier alpha value is -1.05.